The van der Waals surface area contributed by atoms with E-state index in [9.17, 15) is 0 Å². The van der Waals surface area contributed by atoms with Crippen LogP contribution in [0.5, 0.6) is 0 Å². The van der Waals surface area contributed by atoms with Crippen LogP contribution in [0.2, 0.25) is 0 Å². The third kappa shape index (κ3) is 55.8. The first-order valence-corrected chi connectivity index (χ1v) is 6.99. The van der Waals surface area contributed by atoms with E-state index in [1.54, 1.807) is 9.80 Å². The van der Waals surface area contributed by atoms with Gasteiger partial charge in [0, 0.05) is 28.2 Å². The molecule has 18 heavy (non-hydrogen) atoms. The number of thiocarbonyl (C=S) groups is 2. The molecule has 0 unspecified atom stereocenters. The van der Waals surface area contributed by atoms with E-state index in [4.69, 9.17) is 0 Å². The van der Waals surface area contributed by atoms with Crippen LogP contribution >= 0.6 is 24.4 Å². The first-order valence-electron chi connectivity index (χ1n) is 5.36. The molecule has 8 heteroatoms. The molecule has 0 aromatic carbocycles. The van der Waals surface area contributed by atoms with E-state index < -0.39 is 0 Å². The van der Waals surface area contributed by atoms with E-state index in [0.29, 0.717) is 8.64 Å². The van der Waals surface area contributed by atoms with Crippen molar-refractivity contribution in [2.75, 3.05) is 56.4 Å². The Hall–Kier alpha value is 0.140. The smallest absolute Gasteiger partial charge is 0.0647 e. The number of rotatable bonds is 0. The largest absolute Gasteiger partial charge is 0.411 e. The highest BCUT2D eigenvalue weighted by atomic mass is 32.1. The average Bonchev–Trinajstić information content (AvgIpc) is 2.20. The lowest BCUT2D eigenvalue weighted by atomic mass is 11.0. The number of hydrogen-bond donors (Lipinski definition) is 2. The Bertz CT molecular complexity index is 167. The van der Waals surface area contributed by atoms with Crippen LogP contribution in [0.15, 0.2) is 0 Å². The van der Waals surface area contributed by atoms with Crippen LogP contribution in [0.4, 0.5) is 0 Å². The van der Waals surface area contributed by atoms with Gasteiger partial charge >= 0.3 is 0 Å². The summed E-state index contributed by atoms with van der Waals surface area (Å²) >= 11 is 18.2. The molecule has 0 aromatic heterocycles. The summed E-state index contributed by atoms with van der Waals surface area (Å²) in [6, 6.07) is 0. The lowest BCUT2D eigenvalue weighted by Crippen LogP contribution is -2.74. The van der Waals surface area contributed by atoms with Crippen molar-refractivity contribution in [3.05, 3.63) is 0 Å². The molecule has 0 saturated carbocycles. The molecule has 0 spiro atoms. The zero-order valence-electron chi connectivity index (χ0n) is 12.7. The van der Waals surface area contributed by atoms with Gasteiger partial charge in [0.05, 0.1) is 28.2 Å². The molecule has 0 atom stereocenters. The molecular formula is C10H28N4S4. The third-order valence-corrected chi connectivity index (χ3v) is 2.19. The van der Waals surface area contributed by atoms with Gasteiger partial charge in [-0.1, -0.05) is 8.64 Å². The van der Waals surface area contributed by atoms with Crippen molar-refractivity contribution in [2.24, 2.45) is 0 Å². The minimum atomic E-state index is 0.509. The molecule has 0 aliphatic heterocycles. The fourth-order valence-electron chi connectivity index (χ4n) is 0. The van der Waals surface area contributed by atoms with Gasteiger partial charge in [0.2, 0.25) is 0 Å². The average molecular weight is 333 g/mol. The van der Waals surface area contributed by atoms with Crippen LogP contribution in [-0.2, 0) is 25.3 Å². The van der Waals surface area contributed by atoms with E-state index in [1.165, 1.54) is 0 Å². The fraction of sp³-hybridized carbons (Fsp3) is 0.800. The first kappa shape index (κ1) is 26.7. The Morgan fingerprint density at radius 2 is 0.778 bits per heavy atom. The Labute approximate surface area is 135 Å². The third-order valence-electron chi connectivity index (χ3n) is 0.730. The second-order valence-electron chi connectivity index (χ2n) is 3.48. The fourth-order valence-corrected chi connectivity index (χ4v) is 0. The maximum absolute atomic E-state index is 4.56. The number of nitrogens with two attached hydrogens (primary N) is 2. The zero-order valence-corrected chi connectivity index (χ0v) is 15.9. The quantitative estimate of drug-likeness (QED) is 0.410. The van der Waals surface area contributed by atoms with E-state index in [2.05, 4.69) is 49.7 Å². The Morgan fingerprint density at radius 3 is 0.778 bits per heavy atom. The summed E-state index contributed by atoms with van der Waals surface area (Å²) in [5, 5.41) is 4.00. The van der Waals surface area contributed by atoms with Crippen molar-refractivity contribution in [3.63, 3.8) is 0 Å². The van der Waals surface area contributed by atoms with Crippen LogP contribution < -0.4 is 10.6 Å². The normalized spacial score (nSPS) is 7.11. The van der Waals surface area contributed by atoms with E-state index in [1.807, 2.05) is 67.0 Å². The number of quaternary nitrogens is 2. The van der Waals surface area contributed by atoms with E-state index in [0.717, 1.165) is 0 Å². The van der Waals surface area contributed by atoms with Crippen molar-refractivity contribution in [2.45, 2.75) is 0 Å². The molecule has 0 saturated heterocycles. The van der Waals surface area contributed by atoms with Gasteiger partial charge in [-0.25, -0.2) is 0 Å². The van der Waals surface area contributed by atoms with Gasteiger partial charge in [-0.05, 0) is 0 Å². The Morgan fingerprint density at radius 1 is 0.722 bits per heavy atom. The first-order chi connectivity index (χ1) is 8.11. The van der Waals surface area contributed by atoms with E-state index in [-0.39, 0.29) is 0 Å². The molecule has 0 rings (SSSR count). The Kier molecular flexibility index (Phi) is 33.1. The molecule has 0 heterocycles. The summed E-state index contributed by atoms with van der Waals surface area (Å²) in [6.07, 6.45) is 0. The van der Waals surface area contributed by atoms with Gasteiger partial charge in [0.25, 0.3) is 0 Å². The molecule has 112 valence electrons. The van der Waals surface area contributed by atoms with Crippen LogP contribution in [0.1, 0.15) is 0 Å². The second-order valence-corrected chi connectivity index (χ2v) is 5.54. The lowest BCUT2D eigenvalue weighted by molar-refractivity contribution is -0.597. The van der Waals surface area contributed by atoms with Crippen molar-refractivity contribution >= 4 is 58.3 Å². The van der Waals surface area contributed by atoms with Crippen molar-refractivity contribution < 1.29 is 10.6 Å². The maximum Gasteiger partial charge on any atom is 0.0647 e. The molecule has 0 amide bonds. The molecule has 0 radical (unpaired) electrons. The monoisotopic (exact) mass is 332 g/mol. The lowest BCUT2D eigenvalue weighted by Gasteiger charge is -2.15. The van der Waals surface area contributed by atoms with Gasteiger partial charge < -0.3 is 70.1 Å². The summed E-state index contributed by atoms with van der Waals surface area (Å²) in [5.41, 5.74) is 0. The van der Waals surface area contributed by atoms with Crippen molar-refractivity contribution in [3.8, 4) is 0 Å². The van der Waals surface area contributed by atoms with Crippen LogP contribution in [0.3, 0.4) is 0 Å². The minimum Gasteiger partial charge on any atom is -0.411 e. The topological polar surface area (TPSA) is 39.7 Å². The van der Waals surface area contributed by atoms with Gasteiger partial charge in [-0.2, -0.15) is 0 Å². The highest BCUT2D eigenvalue weighted by molar-refractivity contribution is 8.00. The molecular weight excluding hydrogens is 304 g/mol. The molecule has 4 N–H and O–H groups in total. The molecule has 0 fully saturated rings. The van der Waals surface area contributed by atoms with Crippen LogP contribution in [0, 0.1) is 0 Å². The maximum atomic E-state index is 4.56. The SMILES string of the molecule is CN(C)C(=S)[S-].CN(C)C(=S)[S-].C[NH2+]C.C[NH2+]C. The highest BCUT2D eigenvalue weighted by Crippen LogP contribution is 1.74. The minimum absolute atomic E-state index is 0.509. The van der Waals surface area contributed by atoms with Gasteiger partial charge in [0.15, 0.2) is 0 Å². The predicted octanol–water partition coefficient (Wildman–Crippen LogP) is -1.62. The summed E-state index contributed by atoms with van der Waals surface area (Å²) in [5.74, 6) is 0. The molecule has 0 aromatic rings. The summed E-state index contributed by atoms with van der Waals surface area (Å²) in [6.45, 7) is 0. The van der Waals surface area contributed by atoms with Crippen molar-refractivity contribution in [1.82, 2.24) is 9.80 Å². The Balaban J connectivity index is -0.0000000770. The second kappa shape index (κ2) is 22.3. The number of nitrogens with zero attached hydrogens (tertiary/aromatic N) is 2. The van der Waals surface area contributed by atoms with Crippen molar-refractivity contribution in [1.29, 1.82) is 0 Å². The van der Waals surface area contributed by atoms with Gasteiger partial charge in [0.1, 0.15) is 0 Å². The van der Waals surface area contributed by atoms with Gasteiger partial charge in [-0.3, -0.25) is 0 Å². The summed E-state index contributed by atoms with van der Waals surface area (Å²) in [7, 11) is 15.3. The predicted molar refractivity (Wildman–Crippen MR) is 94.8 cm³/mol. The van der Waals surface area contributed by atoms with Crippen LogP contribution in [0.25, 0.3) is 0 Å². The number of hydrogen-bond acceptors (Lipinski definition) is 4. The molecule has 0 aliphatic carbocycles. The summed E-state index contributed by atoms with van der Waals surface area (Å²) < 4.78 is 1.02. The van der Waals surface area contributed by atoms with E-state index >= 15 is 0 Å². The molecule has 0 aliphatic rings. The summed E-state index contributed by atoms with van der Waals surface area (Å²) in [4.78, 5) is 3.43. The zero-order chi connectivity index (χ0) is 15.7. The molecule has 4 nitrogen and oxygen atoms in total. The molecule has 0 bridgehead atoms. The van der Waals surface area contributed by atoms with Gasteiger partial charge in [-0.15, -0.1) is 0 Å². The van der Waals surface area contributed by atoms with Crippen LogP contribution in [-0.4, -0.2) is 74.8 Å². The standard InChI is InChI=1S/2C3H7NS2.2C2H7N/c2*1-4(2)3(5)6;2*1-3-2/h2*1-2H3,(H,5,6);2*3H,1-2H3. The highest BCUT2D eigenvalue weighted by Gasteiger charge is 1.72.